The maximum absolute atomic E-state index is 4.39. The SMILES string of the molecule is C=C(/C=C\c1ccccc1)c1ccccccc(-c2c3ccccc3c(C3=CC=CCC3)c3ccccc23)cc1. The Morgan fingerprint density at radius 1 is 0.575 bits per heavy atom. The Labute approximate surface area is 237 Å². The number of benzene rings is 4. The first-order valence-electron chi connectivity index (χ1n) is 14.0. The Balaban J connectivity index is 1.56. The molecule has 192 valence electrons. The molecule has 0 heterocycles. The third-order valence-electron chi connectivity index (χ3n) is 7.53. The van der Waals surface area contributed by atoms with E-state index in [2.05, 4.69) is 158 Å². The fourth-order valence-electron chi connectivity index (χ4n) is 5.57. The molecule has 0 spiro atoms. The van der Waals surface area contributed by atoms with Gasteiger partial charge in [-0.25, -0.2) is 0 Å². The normalized spacial score (nSPS) is 12.8. The Kier molecular flexibility index (Phi) is 7.51. The fourth-order valence-corrected chi connectivity index (χ4v) is 5.57. The first-order valence-corrected chi connectivity index (χ1v) is 14.0. The second kappa shape index (κ2) is 11.8. The molecule has 40 heavy (non-hydrogen) atoms. The molecule has 1 aliphatic carbocycles. The molecule has 6 rings (SSSR count). The van der Waals surface area contributed by atoms with E-state index in [4.69, 9.17) is 0 Å². The van der Waals surface area contributed by atoms with Crippen molar-refractivity contribution >= 4 is 38.8 Å². The van der Waals surface area contributed by atoms with Crippen LogP contribution in [0.5, 0.6) is 0 Å². The van der Waals surface area contributed by atoms with E-state index < -0.39 is 0 Å². The summed E-state index contributed by atoms with van der Waals surface area (Å²) >= 11 is 0. The summed E-state index contributed by atoms with van der Waals surface area (Å²) in [5.74, 6) is 0. The number of allylic oxidation sites excluding steroid dienone is 6. The van der Waals surface area contributed by atoms with Crippen molar-refractivity contribution in [1.82, 2.24) is 0 Å². The maximum Gasteiger partial charge on any atom is -0.00264 e. The lowest BCUT2D eigenvalue weighted by Gasteiger charge is -2.19. The van der Waals surface area contributed by atoms with Crippen molar-refractivity contribution < 1.29 is 0 Å². The summed E-state index contributed by atoms with van der Waals surface area (Å²) in [6.45, 7) is 4.39. The topological polar surface area (TPSA) is 0 Å². The van der Waals surface area contributed by atoms with Crippen LogP contribution in [0.3, 0.4) is 0 Å². The van der Waals surface area contributed by atoms with Gasteiger partial charge in [-0.05, 0) is 73.4 Å². The van der Waals surface area contributed by atoms with Gasteiger partial charge in [0.05, 0.1) is 0 Å². The highest BCUT2D eigenvalue weighted by Crippen LogP contribution is 2.43. The van der Waals surface area contributed by atoms with E-state index in [1.54, 1.807) is 0 Å². The van der Waals surface area contributed by atoms with Crippen LogP contribution in [-0.4, -0.2) is 0 Å². The van der Waals surface area contributed by atoms with Gasteiger partial charge < -0.3 is 0 Å². The zero-order chi connectivity index (χ0) is 27.1. The van der Waals surface area contributed by atoms with Crippen molar-refractivity contribution in [3.8, 4) is 11.1 Å². The average Bonchev–Trinajstić information content (AvgIpc) is 3.02. The number of rotatable bonds is 5. The molecule has 0 saturated carbocycles. The van der Waals surface area contributed by atoms with Crippen molar-refractivity contribution in [2.75, 3.05) is 0 Å². The maximum atomic E-state index is 4.39. The van der Waals surface area contributed by atoms with Crippen LogP contribution in [0.1, 0.15) is 29.5 Å². The molecule has 0 amide bonds. The van der Waals surface area contributed by atoms with Gasteiger partial charge in [0.2, 0.25) is 0 Å². The predicted octanol–water partition coefficient (Wildman–Crippen LogP) is 11.2. The van der Waals surface area contributed by atoms with E-state index in [0.29, 0.717) is 0 Å². The summed E-state index contributed by atoms with van der Waals surface area (Å²) in [6.07, 6.45) is 13.1. The summed E-state index contributed by atoms with van der Waals surface area (Å²) in [5, 5.41) is 5.16. The lowest BCUT2D eigenvalue weighted by Crippen LogP contribution is -1.95. The van der Waals surface area contributed by atoms with E-state index in [-0.39, 0.29) is 0 Å². The summed E-state index contributed by atoms with van der Waals surface area (Å²) < 4.78 is 0. The zero-order valence-corrected chi connectivity index (χ0v) is 22.6. The first kappa shape index (κ1) is 25.3. The Morgan fingerprint density at radius 2 is 1.15 bits per heavy atom. The summed E-state index contributed by atoms with van der Waals surface area (Å²) in [6, 6.07) is 45.3. The quantitative estimate of drug-likeness (QED) is 0.162. The van der Waals surface area contributed by atoms with Crippen molar-refractivity contribution in [3.05, 3.63) is 175 Å². The predicted molar refractivity (Wildman–Crippen MR) is 175 cm³/mol. The Morgan fingerprint density at radius 3 is 1.80 bits per heavy atom. The van der Waals surface area contributed by atoms with E-state index in [9.17, 15) is 0 Å². The molecule has 0 aliphatic heterocycles. The van der Waals surface area contributed by atoms with Crippen LogP contribution in [0.25, 0.3) is 49.9 Å². The molecular formula is C40H32. The largest absolute Gasteiger partial charge is 0.0912 e. The monoisotopic (exact) mass is 512 g/mol. The van der Waals surface area contributed by atoms with Crippen molar-refractivity contribution in [2.24, 2.45) is 0 Å². The van der Waals surface area contributed by atoms with Crippen LogP contribution in [0, 0.1) is 0 Å². The average molecular weight is 513 g/mol. The summed E-state index contributed by atoms with van der Waals surface area (Å²) in [7, 11) is 0. The van der Waals surface area contributed by atoms with Crippen LogP contribution in [0.15, 0.2) is 158 Å². The highest BCUT2D eigenvalue weighted by molar-refractivity contribution is 6.18. The minimum Gasteiger partial charge on any atom is -0.0912 e. The van der Waals surface area contributed by atoms with Gasteiger partial charge in [0.15, 0.2) is 0 Å². The molecule has 0 atom stereocenters. The molecule has 5 aromatic carbocycles. The third-order valence-corrected chi connectivity index (χ3v) is 7.53. The van der Waals surface area contributed by atoms with Gasteiger partial charge in [-0.2, -0.15) is 0 Å². The molecule has 0 aromatic heterocycles. The molecular weight excluding hydrogens is 480 g/mol. The van der Waals surface area contributed by atoms with Crippen molar-refractivity contribution in [2.45, 2.75) is 12.8 Å². The molecule has 1 aliphatic rings. The molecule has 0 saturated heterocycles. The van der Waals surface area contributed by atoms with Crippen LogP contribution >= 0.6 is 0 Å². The molecule has 0 fully saturated rings. The molecule has 0 N–H and O–H groups in total. The second-order valence-corrected chi connectivity index (χ2v) is 10.1. The van der Waals surface area contributed by atoms with Crippen LogP contribution in [-0.2, 0) is 0 Å². The number of hydrogen-bond donors (Lipinski definition) is 0. The lowest BCUT2D eigenvalue weighted by atomic mass is 9.84. The van der Waals surface area contributed by atoms with Gasteiger partial charge in [0.1, 0.15) is 0 Å². The zero-order valence-electron chi connectivity index (χ0n) is 22.6. The minimum absolute atomic E-state index is 0.969. The highest BCUT2D eigenvalue weighted by Gasteiger charge is 2.17. The van der Waals surface area contributed by atoms with E-state index >= 15 is 0 Å². The summed E-state index contributed by atoms with van der Waals surface area (Å²) in [4.78, 5) is 0. The molecule has 5 aromatic rings. The molecule has 0 nitrogen and oxygen atoms in total. The summed E-state index contributed by atoms with van der Waals surface area (Å²) in [5.41, 5.74) is 8.42. The molecule has 0 heteroatoms. The molecule has 0 radical (unpaired) electrons. The smallest absolute Gasteiger partial charge is 0.00264 e. The molecule has 0 bridgehead atoms. The van der Waals surface area contributed by atoms with Gasteiger partial charge in [-0.1, -0.05) is 164 Å². The first-order chi connectivity index (χ1) is 19.8. The number of fused-ring (bicyclic) bond motifs is 2. The van der Waals surface area contributed by atoms with Gasteiger partial charge in [0.25, 0.3) is 0 Å². The third kappa shape index (κ3) is 5.30. The number of hydrogen-bond acceptors (Lipinski definition) is 0. The van der Waals surface area contributed by atoms with Crippen molar-refractivity contribution in [3.63, 3.8) is 0 Å². The van der Waals surface area contributed by atoms with E-state index in [1.165, 1.54) is 43.8 Å². The Bertz CT molecular complexity index is 1790. The Hall–Kier alpha value is -4.94. The van der Waals surface area contributed by atoms with Crippen LogP contribution in [0.2, 0.25) is 0 Å². The van der Waals surface area contributed by atoms with Crippen LogP contribution in [0.4, 0.5) is 0 Å². The lowest BCUT2D eigenvalue weighted by molar-refractivity contribution is 1.06. The van der Waals surface area contributed by atoms with E-state index in [0.717, 1.165) is 29.5 Å². The minimum atomic E-state index is 0.969. The van der Waals surface area contributed by atoms with Gasteiger partial charge in [0, 0.05) is 0 Å². The van der Waals surface area contributed by atoms with Crippen LogP contribution < -0.4 is 0 Å². The second-order valence-electron chi connectivity index (χ2n) is 10.1. The highest BCUT2D eigenvalue weighted by atomic mass is 14.2. The standard InChI is InChI=1S/C40H32/c1-30(26-27-31-16-6-4-7-17-31)32-18-8-2-3-9-21-34(29-28-32)40-37-24-14-12-22-35(37)39(33-19-10-5-11-20-33)36-23-13-15-25-38(36)40/h2-10,12-19,21-29H,1,11,20H2/b3-2?,8-2?,9-3?,18-8?,21-9?,27-26-,29-28?,32-18?,32-28?,34-21?,34-29?. The van der Waals surface area contributed by atoms with Crippen molar-refractivity contribution in [1.29, 1.82) is 0 Å². The molecule has 0 unspecified atom stereocenters. The van der Waals surface area contributed by atoms with Gasteiger partial charge in [-0.15, -0.1) is 0 Å². The fraction of sp³-hybridized carbons (Fsp3) is 0.0500. The van der Waals surface area contributed by atoms with Gasteiger partial charge >= 0.3 is 0 Å². The van der Waals surface area contributed by atoms with E-state index in [1.807, 2.05) is 6.07 Å². The van der Waals surface area contributed by atoms with Gasteiger partial charge in [-0.3, -0.25) is 0 Å².